The first kappa shape index (κ1) is 8.59. The van der Waals surface area contributed by atoms with Crippen molar-refractivity contribution >= 4 is 45.1 Å². The number of hydrogen-bond acceptors (Lipinski definition) is 4. The van der Waals surface area contributed by atoms with E-state index in [0.717, 1.165) is 16.0 Å². The number of halogens is 1. The summed E-state index contributed by atoms with van der Waals surface area (Å²) in [6.45, 7) is 3.41. The molecule has 0 radical (unpaired) electrons. The highest BCUT2D eigenvalue weighted by molar-refractivity contribution is 7.21. The second-order valence-corrected chi connectivity index (χ2v) is 3.64. The zero-order valence-corrected chi connectivity index (χ0v) is 8.27. The fraction of sp³-hybridized carbons (Fsp3) is 0.125. The highest BCUT2D eigenvalue weighted by atomic mass is 35.5. The van der Waals surface area contributed by atoms with Crippen molar-refractivity contribution < 1.29 is 0 Å². The Morgan fingerprint density at radius 1 is 1.46 bits per heavy atom. The van der Waals surface area contributed by atoms with E-state index in [-0.39, 0.29) is 0 Å². The van der Waals surface area contributed by atoms with E-state index in [1.54, 1.807) is 0 Å². The number of fused-ring (bicyclic) bond motifs is 1. The Morgan fingerprint density at radius 3 is 3.00 bits per heavy atom. The van der Waals surface area contributed by atoms with Crippen molar-refractivity contribution in [1.29, 1.82) is 0 Å². The molecule has 0 aromatic carbocycles. The molecule has 0 fully saturated rings. The largest absolute Gasteiger partial charge is 0.239 e. The molecule has 2 heterocycles. The summed E-state index contributed by atoms with van der Waals surface area (Å²) in [5.41, 5.74) is 1.70. The van der Waals surface area contributed by atoms with E-state index < -0.39 is 0 Å². The molecule has 5 heteroatoms. The van der Waals surface area contributed by atoms with Gasteiger partial charge in [0.25, 0.3) is 0 Å². The SMILES string of the molecule is C=Nc1nc2ccc(CCl)nc2s1. The Hall–Kier alpha value is -1.00. The van der Waals surface area contributed by atoms with Crippen molar-refractivity contribution in [3.63, 3.8) is 0 Å². The first-order valence-electron chi connectivity index (χ1n) is 3.62. The van der Waals surface area contributed by atoms with Crippen molar-refractivity contribution in [3.05, 3.63) is 17.8 Å². The molecule has 2 aromatic heterocycles. The van der Waals surface area contributed by atoms with Crippen LogP contribution in [-0.2, 0) is 5.88 Å². The van der Waals surface area contributed by atoms with Gasteiger partial charge >= 0.3 is 0 Å². The summed E-state index contributed by atoms with van der Waals surface area (Å²) < 4.78 is 0. The minimum Gasteiger partial charge on any atom is -0.239 e. The second-order valence-electron chi connectivity index (χ2n) is 2.42. The minimum atomic E-state index is 0.421. The number of alkyl halides is 1. The summed E-state index contributed by atoms with van der Waals surface area (Å²) in [4.78, 5) is 13.1. The van der Waals surface area contributed by atoms with Crippen LogP contribution in [0.15, 0.2) is 17.1 Å². The number of hydrogen-bond donors (Lipinski definition) is 0. The van der Waals surface area contributed by atoms with Crippen LogP contribution in [0.5, 0.6) is 0 Å². The van der Waals surface area contributed by atoms with E-state index in [4.69, 9.17) is 11.6 Å². The maximum atomic E-state index is 5.65. The molecule has 3 nitrogen and oxygen atoms in total. The van der Waals surface area contributed by atoms with Crippen molar-refractivity contribution in [2.75, 3.05) is 0 Å². The van der Waals surface area contributed by atoms with Crippen LogP contribution in [-0.4, -0.2) is 16.7 Å². The molecule has 0 unspecified atom stereocenters. The van der Waals surface area contributed by atoms with Gasteiger partial charge in [0.2, 0.25) is 5.13 Å². The quantitative estimate of drug-likeness (QED) is 0.566. The average Bonchev–Trinajstić information content (AvgIpc) is 2.58. The Labute approximate surface area is 84.1 Å². The molecule has 2 aromatic rings. The van der Waals surface area contributed by atoms with E-state index in [2.05, 4.69) is 21.7 Å². The van der Waals surface area contributed by atoms with E-state index in [9.17, 15) is 0 Å². The standard InChI is InChI=1S/C8H6ClN3S/c1-10-8-12-6-3-2-5(4-9)11-7(6)13-8/h2-3H,1,4H2. The lowest BCUT2D eigenvalue weighted by Crippen LogP contribution is -1.82. The first-order chi connectivity index (χ1) is 6.33. The molecule has 0 bridgehead atoms. The molecule has 66 valence electrons. The minimum absolute atomic E-state index is 0.421. The molecule has 0 atom stereocenters. The lowest BCUT2D eigenvalue weighted by atomic mass is 10.4. The fourth-order valence-corrected chi connectivity index (χ4v) is 1.90. The average molecular weight is 212 g/mol. The molecular formula is C8H6ClN3S. The van der Waals surface area contributed by atoms with Gasteiger partial charge in [0.05, 0.1) is 11.6 Å². The van der Waals surface area contributed by atoms with Crippen LogP contribution < -0.4 is 0 Å². The third-order valence-electron chi connectivity index (χ3n) is 1.57. The van der Waals surface area contributed by atoms with E-state index in [1.807, 2.05) is 12.1 Å². The second kappa shape index (κ2) is 3.40. The normalized spacial score (nSPS) is 10.5. The van der Waals surface area contributed by atoms with Gasteiger partial charge in [-0.2, -0.15) is 0 Å². The van der Waals surface area contributed by atoms with Crippen molar-refractivity contribution in [3.8, 4) is 0 Å². The Bertz CT molecular complexity index is 452. The predicted octanol–water partition coefficient (Wildman–Crippen LogP) is 2.76. The molecule has 0 aliphatic carbocycles. The van der Waals surface area contributed by atoms with Gasteiger partial charge in [0.15, 0.2) is 0 Å². The molecule has 2 rings (SSSR count). The van der Waals surface area contributed by atoms with Gasteiger partial charge in [0.1, 0.15) is 10.3 Å². The van der Waals surface area contributed by atoms with Gasteiger partial charge in [-0.25, -0.2) is 15.0 Å². The van der Waals surface area contributed by atoms with Gasteiger partial charge in [-0.05, 0) is 18.9 Å². The molecule has 0 saturated heterocycles. The highest BCUT2D eigenvalue weighted by Gasteiger charge is 2.03. The van der Waals surface area contributed by atoms with Crippen LogP contribution >= 0.6 is 22.9 Å². The van der Waals surface area contributed by atoms with Crippen LogP contribution in [0.3, 0.4) is 0 Å². The predicted molar refractivity (Wildman–Crippen MR) is 56.2 cm³/mol. The summed E-state index contributed by atoms with van der Waals surface area (Å²) in [5, 5.41) is 0.647. The lowest BCUT2D eigenvalue weighted by molar-refractivity contribution is 1.22. The lowest BCUT2D eigenvalue weighted by Gasteiger charge is -1.91. The van der Waals surface area contributed by atoms with Crippen LogP contribution in [0, 0.1) is 0 Å². The number of rotatable bonds is 2. The van der Waals surface area contributed by atoms with Crippen LogP contribution in [0.1, 0.15) is 5.69 Å². The van der Waals surface area contributed by atoms with Crippen LogP contribution in [0.4, 0.5) is 5.13 Å². The highest BCUT2D eigenvalue weighted by Crippen LogP contribution is 2.26. The number of aromatic nitrogens is 2. The van der Waals surface area contributed by atoms with Crippen molar-refractivity contribution in [2.24, 2.45) is 4.99 Å². The Balaban J connectivity index is 2.63. The first-order valence-corrected chi connectivity index (χ1v) is 4.98. The zero-order chi connectivity index (χ0) is 9.26. The van der Waals surface area contributed by atoms with Gasteiger partial charge in [0, 0.05) is 0 Å². The molecule has 0 aliphatic heterocycles. The van der Waals surface area contributed by atoms with E-state index >= 15 is 0 Å². The topological polar surface area (TPSA) is 38.1 Å². The molecular weight excluding hydrogens is 206 g/mol. The summed E-state index contributed by atoms with van der Waals surface area (Å²) in [5.74, 6) is 0.421. The van der Waals surface area contributed by atoms with Crippen molar-refractivity contribution in [1.82, 2.24) is 9.97 Å². The van der Waals surface area contributed by atoms with Gasteiger partial charge in [-0.15, -0.1) is 11.6 Å². The number of thiazole rings is 1. The fourth-order valence-electron chi connectivity index (χ4n) is 0.986. The number of aliphatic imine (C=N–C) groups is 1. The molecule has 0 amide bonds. The maximum Gasteiger partial charge on any atom is 0.211 e. The summed E-state index contributed by atoms with van der Waals surface area (Å²) in [7, 11) is 0. The van der Waals surface area contributed by atoms with Gasteiger partial charge < -0.3 is 0 Å². The maximum absolute atomic E-state index is 5.65. The van der Waals surface area contributed by atoms with Crippen LogP contribution in [0.2, 0.25) is 0 Å². The molecule has 0 saturated carbocycles. The summed E-state index contributed by atoms with van der Waals surface area (Å²) in [6, 6.07) is 3.76. The summed E-state index contributed by atoms with van der Waals surface area (Å²) >= 11 is 7.07. The Morgan fingerprint density at radius 2 is 2.31 bits per heavy atom. The summed E-state index contributed by atoms with van der Waals surface area (Å²) in [6.07, 6.45) is 0. The van der Waals surface area contributed by atoms with Gasteiger partial charge in [-0.3, -0.25) is 0 Å². The monoisotopic (exact) mass is 211 g/mol. The number of nitrogens with zero attached hydrogens (tertiary/aromatic N) is 3. The smallest absolute Gasteiger partial charge is 0.211 e. The Kier molecular flexibility index (Phi) is 2.24. The van der Waals surface area contributed by atoms with E-state index in [0.29, 0.717) is 11.0 Å². The number of pyridine rings is 1. The third-order valence-corrected chi connectivity index (χ3v) is 2.74. The molecule has 0 aliphatic rings. The van der Waals surface area contributed by atoms with Crippen LogP contribution in [0.25, 0.3) is 10.3 Å². The van der Waals surface area contributed by atoms with E-state index in [1.165, 1.54) is 11.3 Å². The van der Waals surface area contributed by atoms with Gasteiger partial charge in [-0.1, -0.05) is 11.3 Å². The van der Waals surface area contributed by atoms with Crippen molar-refractivity contribution in [2.45, 2.75) is 5.88 Å². The third kappa shape index (κ3) is 1.55. The molecule has 0 N–H and O–H groups in total. The molecule has 13 heavy (non-hydrogen) atoms. The molecule has 0 spiro atoms. The zero-order valence-electron chi connectivity index (χ0n) is 6.70.